The molecule has 27 heavy (non-hydrogen) atoms. The van der Waals surface area contributed by atoms with Crippen LogP contribution in [0.5, 0.6) is 17.4 Å². The second-order valence-corrected chi connectivity index (χ2v) is 6.77. The second-order valence-electron chi connectivity index (χ2n) is 6.77. The molecular weight excluding hydrogens is 336 g/mol. The van der Waals surface area contributed by atoms with Crippen LogP contribution in [0, 0.1) is 6.92 Å². The molecule has 138 valence electrons. The summed E-state index contributed by atoms with van der Waals surface area (Å²) >= 11 is 0. The first-order valence-corrected chi connectivity index (χ1v) is 9.60. The highest BCUT2D eigenvalue weighted by Crippen LogP contribution is 2.39. The average Bonchev–Trinajstić information content (AvgIpc) is 2.70. The minimum atomic E-state index is 0.575. The molecule has 1 aromatic carbocycles. The van der Waals surface area contributed by atoms with Crippen molar-refractivity contribution in [3.05, 3.63) is 65.6 Å². The lowest BCUT2D eigenvalue weighted by molar-refractivity contribution is 0.335. The van der Waals surface area contributed by atoms with Gasteiger partial charge in [0.1, 0.15) is 11.5 Å². The minimum absolute atomic E-state index is 0.575. The van der Waals surface area contributed by atoms with E-state index in [0.29, 0.717) is 12.5 Å². The van der Waals surface area contributed by atoms with Crippen molar-refractivity contribution in [1.29, 1.82) is 0 Å². The average molecular weight is 360 g/mol. The normalized spacial score (nSPS) is 13.1. The van der Waals surface area contributed by atoms with Crippen LogP contribution in [0.15, 0.2) is 48.7 Å². The SMILES string of the molecule is CCOc1c2c(nc(C)c1-c1ccc(Oc3ccccc3)nc1)CCCC2. The van der Waals surface area contributed by atoms with Gasteiger partial charge in [-0.25, -0.2) is 4.98 Å². The van der Waals surface area contributed by atoms with Crippen LogP contribution >= 0.6 is 0 Å². The summed E-state index contributed by atoms with van der Waals surface area (Å²) in [5.74, 6) is 2.34. The number of aryl methyl sites for hydroxylation is 2. The van der Waals surface area contributed by atoms with E-state index in [4.69, 9.17) is 14.5 Å². The van der Waals surface area contributed by atoms with E-state index in [0.717, 1.165) is 41.2 Å². The maximum atomic E-state index is 6.10. The van der Waals surface area contributed by atoms with Gasteiger partial charge in [-0.3, -0.25) is 4.98 Å². The number of hydrogen-bond acceptors (Lipinski definition) is 4. The molecule has 0 saturated carbocycles. The van der Waals surface area contributed by atoms with Gasteiger partial charge in [-0.1, -0.05) is 18.2 Å². The topological polar surface area (TPSA) is 44.2 Å². The predicted octanol–water partition coefficient (Wildman–Crippen LogP) is 5.52. The molecule has 2 aromatic heterocycles. The highest BCUT2D eigenvalue weighted by Gasteiger charge is 2.22. The second kappa shape index (κ2) is 7.78. The maximum absolute atomic E-state index is 6.10. The van der Waals surface area contributed by atoms with E-state index in [-0.39, 0.29) is 0 Å². The van der Waals surface area contributed by atoms with Gasteiger partial charge in [0.2, 0.25) is 5.88 Å². The van der Waals surface area contributed by atoms with Crippen molar-refractivity contribution < 1.29 is 9.47 Å². The third-order valence-electron chi connectivity index (χ3n) is 4.88. The van der Waals surface area contributed by atoms with Crippen molar-refractivity contribution >= 4 is 0 Å². The molecule has 1 aliphatic carbocycles. The summed E-state index contributed by atoms with van der Waals surface area (Å²) in [6.07, 6.45) is 6.32. The molecular formula is C23H24N2O2. The Kier molecular flexibility index (Phi) is 5.05. The Labute approximate surface area is 160 Å². The summed E-state index contributed by atoms with van der Waals surface area (Å²) in [6, 6.07) is 13.6. The summed E-state index contributed by atoms with van der Waals surface area (Å²) < 4.78 is 11.9. The number of benzene rings is 1. The van der Waals surface area contributed by atoms with Crippen molar-refractivity contribution in [1.82, 2.24) is 9.97 Å². The lowest BCUT2D eigenvalue weighted by atomic mass is 9.91. The molecule has 0 fully saturated rings. The fourth-order valence-corrected chi connectivity index (χ4v) is 3.67. The van der Waals surface area contributed by atoms with Crippen LogP contribution in [0.1, 0.15) is 36.7 Å². The number of ether oxygens (including phenoxy) is 2. The van der Waals surface area contributed by atoms with Gasteiger partial charge in [0.05, 0.1) is 6.61 Å². The van der Waals surface area contributed by atoms with E-state index in [1.807, 2.05) is 55.6 Å². The Morgan fingerprint density at radius 2 is 1.81 bits per heavy atom. The largest absolute Gasteiger partial charge is 0.493 e. The van der Waals surface area contributed by atoms with Crippen molar-refractivity contribution in [2.45, 2.75) is 39.5 Å². The Morgan fingerprint density at radius 3 is 2.56 bits per heavy atom. The number of aromatic nitrogens is 2. The van der Waals surface area contributed by atoms with E-state index >= 15 is 0 Å². The Bertz CT molecular complexity index is 921. The van der Waals surface area contributed by atoms with Crippen LogP contribution < -0.4 is 9.47 Å². The van der Waals surface area contributed by atoms with Gasteiger partial charge in [-0.2, -0.15) is 0 Å². The molecule has 3 aromatic rings. The molecule has 0 amide bonds. The molecule has 0 unspecified atom stereocenters. The maximum Gasteiger partial charge on any atom is 0.219 e. The zero-order valence-electron chi connectivity index (χ0n) is 15.9. The van der Waals surface area contributed by atoms with E-state index in [1.54, 1.807) is 0 Å². The molecule has 0 radical (unpaired) electrons. The molecule has 2 heterocycles. The molecule has 0 atom stereocenters. The van der Waals surface area contributed by atoms with Crippen molar-refractivity contribution in [2.24, 2.45) is 0 Å². The zero-order chi connectivity index (χ0) is 18.6. The number of pyridine rings is 2. The number of para-hydroxylation sites is 1. The lowest BCUT2D eigenvalue weighted by Crippen LogP contribution is -2.11. The lowest BCUT2D eigenvalue weighted by Gasteiger charge is -2.23. The van der Waals surface area contributed by atoms with E-state index in [2.05, 4.69) is 11.9 Å². The van der Waals surface area contributed by atoms with Crippen LogP contribution in [-0.4, -0.2) is 16.6 Å². The standard InChI is InChI=1S/C23H24N2O2/c1-3-26-23-19-11-7-8-12-20(19)25-16(2)22(23)17-13-14-21(24-15-17)27-18-9-5-4-6-10-18/h4-6,9-10,13-15H,3,7-8,11-12H2,1-2H3. The molecule has 0 aliphatic heterocycles. The van der Waals surface area contributed by atoms with Gasteiger partial charge in [-0.05, 0) is 57.7 Å². The fourth-order valence-electron chi connectivity index (χ4n) is 3.67. The van der Waals surface area contributed by atoms with Gasteiger partial charge >= 0.3 is 0 Å². The summed E-state index contributed by atoms with van der Waals surface area (Å²) in [5, 5.41) is 0. The molecule has 0 spiro atoms. The number of nitrogens with zero attached hydrogens (tertiary/aromatic N) is 2. The molecule has 0 bridgehead atoms. The van der Waals surface area contributed by atoms with Crippen molar-refractivity contribution in [3.8, 4) is 28.5 Å². The van der Waals surface area contributed by atoms with Crippen molar-refractivity contribution in [3.63, 3.8) is 0 Å². The molecule has 4 rings (SSSR count). The van der Waals surface area contributed by atoms with Crippen molar-refractivity contribution in [2.75, 3.05) is 6.61 Å². The Morgan fingerprint density at radius 1 is 1.00 bits per heavy atom. The third-order valence-corrected chi connectivity index (χ3v) is 4.88. The van der Waals surface area contributed by atoms with Crippen LogP contribution in [0.4, 0.5) is 0 Å². The first kappa shape index (κ1) is 17.5. The van der Waals surface area contributed by atoms with Gasteiger partial charge in [0, 0.05) is 40.3 Å². The third kappa shape index (κ3) is 3.65. The fraction of sp³-hybridized carbons (Fsp3) is 0.304. The minimum Gasteiger partial charge on any atom is -0.493 e. The van der Waals surface area contributed by atoms with Crippen LogP contribution in [0.3, 0.4) is 0 Å². The number of hydrogen-bond donors (Lipinski definition) is 0. The van der Waals surface area contributed by atoms with Gasteiger partial charge < -0.3 is 9.47 Å². The summed E-state index contributed by atoms with van der Waals surface area (Å²) in [5.41, 5.74) is 5.53. The van der Waals surface area contributed by atoms with Gasteiger partial charge in [-0.15, -0.1) is 0 Å². The molecule has 1 aliphatic rings. The number of rotatable bonds is 5. The Hall–Kier alpha value is -2.88. The monoisotopic (exact) mass is 360 g/mol. The molecule has 0 saturated heterocycles. The van der Waals surface area contributed by atoms with E-state index in [1.165, 1.54) is 24.1 Å². The highest BCUT2D eigenvalue weighted by molar-refractivity contribution is 5.74. The van der Waals surface area contributed by atoms with E-state index < -0.39 is 0 Å². The summed E-state index contributed by atoms with van der Waals surface area (Å²) in [6.45, 7) is 4.73. The van der Waals surface area contributed by atoms with E-state index in [9.17, 15) is 0 Å². The quantitative estimate of drug-likeness (QED) is 0.601. The Balaban J connectivity index is 1.70. The molecule has 4 nitrogen and oxygen atoms in total. The van der Waals surface area contributed by atoms with Gasteiger partial charge in [0.15, 0.2) is 0 Å². The van der Waals surface area contributed by atoms with Crippen LogP contribution in [-0.2, 0) is 12.8 Å². The smallest absolute Gasteiger partial charge is 0.219 e. The summed E-state index contributed by atoms with van der Waals surface area (Å²) in [4.78, 5) is 9.38. The van der Waals surface area contributed by atoms with Gasteiger partial charge in [0.25, 0.3) is 0 Å². The zero-order valence-corrected chi connectivity index (χ0v) is 15.9. The predicted molar refractivity (Wildman–Crippen MR) is 107 cm³/mol. The molecule has 4 heteroatoms. The van der Waals surface area contributed by atoms with Crippen LogP contribution in [0.25, 0.3) is 11.1 Å². The first-order chi connectivity index (χ1) is 13.3. The van der Waals surface area contributed by atoms with Crippen LogP contribution in [0.2, 0.25) is 0 Å². The first-order valence-electron chi connectivity index (χ1n) is 9.60. The molecule has 0 N–H and O–H groups in total. The summed E-state index contributed by atoms with van der Waals surface area (Å²) in [7, 11) is 0. The highest BCUT2D eigenvalue weighted by atomic mass is 16.5. The number of fused-ring (bicyclic) bond motifs is 1.